The van der Waals surface area contributed by atoms with Crippen LogP contribution in [0.15, 0.2) is 28.6 Å². The molecule has 0 spiro atoms. The number of benzene rings is 1. The molecular formula is C14H17N3O2S2. The van der Waals surface area contributed by atoms with Crippen molar-refractivity contribution in [3.05, 3.63) is 29.3 Å². The zero-order chi connectivity index (χ0) is 15.2. The third kappa shape index (κ3) is 4.71. The monoisotopic (exact) mass is 323 g/mol. The summed E-state index contributed by atoms with van der Waals surface area (Å²) in [6, 6.07) is 7.33. The first-order chi connectivity index (χ1) is 10.1. The van der Waals surface area contributed by atoms with Crippen molar-refractivity contribution in [2.75, 3.05) is 11.9 Å². The Balaban J connectivity index is 1.90. The third-order valence-electron chi connectivity index (χ3n) is 2.59. The normalized spacial score (nSPS) is 12.0. The van der Waals surface area contributed by atoms with E-state index in [1.54, 1.807) is 0 Å². The van der Waals surface area contributed by atoms with E-state index in [-0.39, 0.29) is 11.2 Å². The van der Waals surface area contributed by atoms with Gasteiger partial charge in [-0.15, -0.1) is 10.2 Å². The Bertz CT molecular complexity index is 599. The Morgan fingerprint density at radius 1 is 1.38 bits per heavy atom. The summed E-state index contributed by atoms with van der Waals surface area (Å²) in [6.45, 7) is 6.31. The molecule has 5 nitrogen and oxygen atoms in total. The van der Waals surface area contributed by atoms with Crippen molar-refractivity contribution in [1.29, 1.82) is 0 Å². The second-order valence-corrected chi connectivity index (χ2v) is 7.06. The summed E-state index contributed by atoms with van der Waals surface area (Å²) in [7, 11) is 0. The predicted octanol–water partition coefficient (Wildman–Crippen LogP) is 3.36. The maximum absolute atomic E-state index is 12.1. The van der Waals surface area contributed by atoms with E-state index in [4.69, 9.17) is 4.74 Å². The third-order valence-corrected chi connectivity index (χ3v) is 4.61. The molecule has 1 aromatic carbocycles. The molecule has 21 heavy (non-hydrogen) atoms. The molecule has 1 atom stereocenters. The lowest BCUT2D eigenvalue weighted by molar-refractivity contribution is -0.115. The number of hydrogen-bond donors (Lipinski definition) is 1. The maximum Gasteiger partial charge on any atom is 0.237 e. The van der Waals surface area contributed by atoms with Gasteiger partial charge in [-0.3, -0.25) is 4.79 Å². The molecule has 1 amide bonds. The van der Waals surface area contributed by atoms with Gasteiger partial charge >= 0.3 is 0 Å². The predicted molar refractivity (Wildman–Crippen MR) is 86.2 cm³/mol. The van der Waals surface area contributed by atoms with E-state index in [0.29, 0.717) is 6.61 Å². The average molecular weight is 323 g/mol. The van der Waals surface area contributed by atoms with Crippen molar-refractivity contribution in [3.8, 4) is 5.75 Å². The largest absolute Gasteiger partial charge is 0.494 e. The number of rotatable bonds is 6. The summed E-state index contributed by atoms with van der Waals surface area (Å²) < 4.78 is 6.17. The highest BCUT2D eigenvalue weighted by molar-refractivity contribution is 8.02. The molecule has 0 aliphatic carbocycles. The van der Waals surface area contributed by atoms with E-state index in [1.807, 2.05) is 45.0 Å². The number of thioether (sulfide) groups is 1. The molecule has 0 fully saturated rings. The van der Waals surface area contributed by atoms with Gasteiger partial charge in [0, 0.05) is 5.69 Å². The van der Waals surface area contributed by atoms with Gasteiger partial charge in [0.25, 0.3) is 0 Å². The van der Waals surface area contributed by atoms with Crippen molar-refractivity contribution < 1.29 is 9.53 Å². The van der Waals surface area contributed by atoms with Gasteiger partial charge in [-0.2, -0.15) is 0 Å². The van der Waals surface area contributed by atoms with Crippen LogP contribution in [0.4, 0.5) is 5.69 Å². The Morgan fingerprint density at radius 3 is 2.67 bits per heavy atom. The number of aromatic nitrogens is 2. The molecular weight excluding hydrogens is 306 g/mol. The van der Waals surface area contributed by atoms with E-state index in [2.05, 4.69) is 15.5 Å². The number of anilines is 1. The number of ether oxygens (including phenoxy) is 1. The van der Waals surface area contributed by atoms with Crippen molar-refractivity contribution in [1.82, 2.24) is 10.2 Å². The first-order valence-electron chi connectivity index (χ1n) is 6.59. The van der Waals surface area contributed by atoms with Crippen LogP contribution >= 0.6 is 23.1 Å². The van der Waals surface area contributed by atoms with Gasteiger partial charge in [-0.1, -0.05) is 23.1 Å². The SMILES string of the molecule is CCOc1ccc(NC(=O)[C@H](C)Sc2nnc(C)s2)cc1. The van der Waals surface area contributed by atoms with Gasteiger partial charge in [0.1, 0.15) is 10.8 Å². The van der Waals surface area contributed by atoms with Crippen LogP contribution in [0.2, 0.25) is 0 Å². The molecule has 0 radical (unpaired) electrons. The molecule has 112 valence electrons. The van der Waals surface area contributed by atoms with Crippen LogP contribution in [-0.2, 0) is 4.79 Å². The fourth-order valence-electron chi connectivity index (χ4n) is 1.58. The molecule has 0 aliphatic heterocycles. The van der Waals surface area contributed by atoms with Crippen molar-refractivity contribution >= 4 is 34.7 Å². The molecule has 1 aromatic heterocycles. The van der Waals surface area contributed by atoms with E-state index >= 15 is 0 Å². The fourth-order valence-corrected chi connectivity index (χ4v) is 3.54. The highest BCUT2D eigenvalue weighted by atomic mass is 32.2. The highest BCUT2D eigenvalue weighted by Gasteiger charge is 2.16. The molecule has 1 heterocycles. The van der Waals surface area contributed by atoms with E-state index in [0.717, 1.165) is 20.8 Å². The molecule has 2 rings (SSSR count). The van der Waals surface area contributed by atoms with Crippen molar-refractivity contribution in [2.24, 2.45) is 0 Å². The summed E-state index contributed by atoms with van der Waals surface area (Å²) in [5, 5.41) is 11.5. The van der Waals surface area contributed by atoms with Crippen LogP contribution in [0, 0.1) is 6.92 Å². The molecule has 7 heteroatoms. The lowest BCUT2D eigenvalue weighted by Gasteiger charge is -2.11. The topological polar surface area (TPSA) is 64.1 Å². The maximum atomic E-state index is 12.1. The summed E-state index contributed by atoms with van der Waals surface area (Å²) in [5.41, 5.74) is 0.754. The summed E-state index contributed by atoms with van der Waals surface area (Å²) >= 11 is 2.90. The average Bonchev–Trinajstić information content (AvgIpc) is 2.86. The number of carbonyl (C=O) groups is 1. The van der Waals surface area contributed by atoms with Gasteiger partial charge in [0.15, 0.2) is 4.34 Å². The van der Waals surface area contributed by atoms with Gasteiger partial charge in [-0.05, 0) is 45.0 Å². The summed E-state index contributed by atoms with van der Waals surface area (Å²) in [6.07, 6.45) is 0. The quantitative estimate of drug-likeness (QED) is 0.826. The minimum Gasteiger partial charge on any atom is -0.494 e. The van der Waals surface area contributed by atoms with Crippen LogP contribution in [0.5, 0.6) is 5.75 Å². The lowest BCUT2D eigenvalue weighted by atomic mass is 10.3. The second kappa shape index (κ2) is 7.42. The number of carbonyl (C=O) groups excluding carboxylic acids is 1. The van der Waals surface area contributed by atoms with E-state index in [1.165, 1.54) is 23.1 Å². The molecule has 0 bridgehead atoms. The van der Waals surface area contributed by atoms with Gasteiger partial charge in [-0.25, -0.2) is 0 Å². The van der Waals surface area contributed by atoms with Crippen LogP contribution in [0.3, 0.4) is 0 Å². The molecule has 0 saturated carbocycles. The molecule has 0 unspecified atom stereocenters. The van der Waals surface area contributed by atoms with Gasteiger partial charge in [0.05, 0.1) is 11.9 Å². The van der Waals surface area contributed by atoms with Crippen LogP contribution in [0.25, 0.3) is 0 Å². The van der Waals surface area contributed by atoms with Gasteiger partial charge < -0.3 is 10.1 Å². The standard InChI is InChI=1S/C14H17N3O2S2/c1-4-19-12-7-5-11(6-8-12)15-13(18)9(2)20-14-17-16-10(3)21-14/h5-9H,4H2,1-3H3,(H,15,18)/t9-/m0/s1. The fraction of sp³-hybridized carbons (Fsp3) is 0.357. The molecule has 0 saturated heterocycles. The van der Waals surface area contributed by atoms with Crippen LogP contribution in [0.1, 0.15) is 18.9 Å². The molecule has 0 aliphatic rings. The summed E-state index contributed by atoms with van der Waals surface area (Å²) in [5.74, 6) is 0.735. The zero-order valence-electron chi connectivity index (χ0n) is 12.1. The number of nitrogens with one attached hydrogen (secondary N) is 1. The highest BCUT2D eigenvalue weighted by Crippen LogP contribution is 2.27. The molecule has 2 aromatic rings. The Kier molecular flexibility index (Phi) is 5.58. The number of hydrogen-bond acceptors (Lipinski definition) is 6. The number of aryl methyl sites for hydroxylation is 1. The Morgan fingerprint density at radius 2 is 2.10 bits per heavy atom. The van der Waals surface area contributed by atoms with E-state index in [9.17, 15) is 4.79 Å². The zero-order valence-corrected chi connectivity index (χ0v) is 13.8. The van der Waals surface area contributed by atoms with Crippen molar-refractivity contribution in [2.45, 2.75) is 30.4 Å². The first kappa shape index (κ1) is 15.8. The minimum absolute atomic E-state index is 0.0583. The van der Waals surface area contributed by atoms with E-state index < -0.39 is 0 Å². The van der Waals surface area contributed by atoms with Gasteiger partial charge in [0.2, 0.25) is 5.91 Å². The number of amides is 1. The Hall–Kier alpha value is -1.60. The number of nitrogens with zero attached hydrogens (tertiary/aromatic N) is 2. The van der Waals surface area contributed by atoms with Crippen LogP contribution < -0.4 is 10.1 Å². The first-order valence-corrected chi connectivity index (χ1v) is 8.28. The summed E-state index contributed by atoms with van der Waals surface area (Å²) in [4.78, 5) is 12.1. The Labute approximate surface area is 132 Å². The molecule has 1 N–H and O–H groups in total. The lowest BCUT2D eigenvalue weighted by Crippen LogP contribution is -2.22. The minimum atomic E-state index is -0.232. The van der Waals surface area contributed by atoms with Crippen molar-refractivity contribution in [3.63, 3.8) is 0 Å². The van der Waals surface area contributed by atoms with Crippen LogP contribution in [-0.4, -0.2) is 28.0 Å². The smallest absolute Gasteiger partial charge is 0.237 e. The second-order valence-electron chi connectivity index (χ2n) is 4.29.